The lowest BCUT2D eigenvalue weighted by Gasteiger charge is -2.30. The molecule has 4 aromatic rings. The number of hydrogen-bond donors (Lipinski definition) is 2. The molecule has 48 heavy (non-hydrogen) atoms. The Morgan fingerprint density at radius 3 is 2.62 bits per heavy atom. The number of phenolic OH excluding ortho intramolecular Hbond substituents is 1. The summed E-state index contributed by atoms with van der Waals surface area (Å²) in [6, 6.07) is 14.2. The molecule has 2 N–H and O–H groups in total. The van der Waals surface area contributed by atoms with Gasteiger partial charge in [0.15, 0.2) is 0 Å². The lowest BCUT2D eigenvalue weighted by atomic mass is 9.84. The van der Waals surface area contributed by atoms with Crippen molar-refractivity contribution >= 4 is 27.3 Å². The van der Waals surface area contributed by atoms with Crippen molar-refractivity contribution in [3.63, 3.8) is 0 Å². The van der Waals surface area contributed by atoms with E-state index in [1.807, 2.05) is 48.9 Å². The molecule has 3 heterocycles. The minimum Gasteiger partial charge on any atom is -0.508 e. The summed E-state index contributed by atoms with van der Waals surface area (Å²) in [5, 5.41) is 28.4. The summed E-state index contributed by atoms with van der Waals surface area (Å²) >= 11 is 0. The number of carbonyl (C=O) groups excluding carboxylic acids is 1. The van der Waals surface area contributed by atoms with Crippen molar-refractivity contribution in [2.45, 2.75) is 65.6 Å². The number of nitrogens with zero attached hydrogens (tertiary/aromatic N) is 5. The second-order valence-electron chi connectivity index (χ2n) is 12.8. The Labute approximate surface area is 281 Å². The van der Waals surface area contributed by atoms with Gasteiger partial charge in [0.1, 0.15) is 17.0 Å². The molecule has 0 radical (unpaired) electrons. The number of aromatic nitrogens is 3. The predicted octanol–water partition coefficient (Wildman–Crippen LogP) is 4.18. The number of aromatic hydroxyl groups is 1. The summed E-state index contributed by atoms with van der Waals surface area (Å²) < 4.78 is 40.1. The maximum atomic E-state index is 13.1. The molecule has 256 valence electrons. The van der Waals surface area contributed by atoms with Crippen LogP contribution in [0.1, 0.15) is 65.5 Å². The Balaban J connectivity index is 1.28. The number of aryl methyl sites for hydroxylation is 2. The zero-order valence-electron chi connectivity index (χ0n) is 27.6. The molecule has 3 aromatic carbocycles. The summed E-state index contributed by atoms with van der Waals surface area (Å²) in [4.78, 5) is 15.4. The third-order valence-electron chi connectivity index (χ3n) is 9.65. The fraction of sp³-hybridized carbons (Fsp3) is 0.457. The number of benzene rings is 3. The molecular formula is C35H43N5O7S. The smallest absolute Gasteiger partial charge is 0.385 e. The third kappa shape index (κ3) is 7.19. The molecule has 0 aliphatic carbocycles. The first-order valence-corrected chi connectivity index (χ1v) is 17.8. The third-order valence-corrected chi connectivity index (χ3v) is 10.9. The van der Waals surface area contributed by atoms with E-state index in [0.29, 0.717) is 18.0 Å². The molecule has 1 unspecified atom stereocenters. The van der Waals surface area contributed by atoms with E-state index < -0.39 is 10.3 Å². The van der Waals surface area contributed by atoms with Gasteiger partial charge in [-0.25, -0.2) is 4.68 Å². The number of esters is 1. The van der Waals surface area contributed by atoms with E-state index in [0.717, 1.165) is 71.3 Å². The van der Waals surface area contributed by atoms with Crippen LogP contribution in [0.5, 0.6) is 11.5 Å². The van der Waals surface area contributed by atoms with Crippen molar-refractivity contribution in [2.75, 3.05) is 32.8 Å². The Bertz CT molecular complexity index is 1900. The van der Waals surface area contributed by atoms with Gasteiger partial charge in [-0.3, -0.25) is 4.79 Å². The molecule has 1 saturated heterocycles. The van der Waals surface area contributed by atoms with Crippen LogP contribution in [0, 0.1) is 19.8 Å². The Morgan fingerprint density at radius 1 is 1.08 bits per heavy atom. The quantitative estimate of drug-likeness (QED) is 0.222. The second kappa shape index (κ2) is 14.2. The number of rotatable bonds is 11. The Kier molecular flexibility index (Phi) is 10.0. The zero-order chi connectivity index (χ0) is 34.0. The maximum Gasteiger partial charge on any atom is 0.385 e. The van der Waals surface area contributed by atoms with Crippen molar-refractivity contribution in [1.82, 2.24) is 24.2 Å². The van der Waals surface area contributed by atoms with Gasteiger partial charge in [-0.2, -0.15) is 12.7 Å². The molecule has 1 aromatic heterocycles. The van der Waals surface area contributed by atoms with Gasteiger partial charge in [-0.15, -0.1) is 5.10 Å². The van der Waals surface area contributed by atoms with Crippen LogP contribution in [-0.2, 0) is 39.5 Å². The highest BCUT2D eigenvalue weighted by molar-refractivity contribution is 7.84. The molecule has 1 fully saturated rings. The molecule has 13 heteroatoms. The summed E-state index contributed by atoms with van der Waals surface area (Å²) in [5.74, 6) is -0.0855. The summed E-state index contributed by atoms with van der Waals surface area (Å²) in [7, 11) is -4.07. The van der Waals surface area contributed by atoms with Crippen molar-refractivity contribution in [3.05, 3.63) is 81.9 Å². The van der Waals surface area contributed by atoms with Gasteiger partial charge in [-0.05, 0) is 105 Å². The summed E-state index contributed by atoms with van der Waals surface area (Å²) in [5.41, 5.74) is 6.60. The molecule has 2 aliphatic rings. The fourth-order valence-electron chi connectivity index (χ4n) is 6.76. The number of likely N-dealkylation sites (tertiary alicyclic amines) is 1. The summed E-state index contributed by atoms with van der Waals surface area (Å²) in [6.07, 6.45) is 2.10. The van der Waals surface area contributed by atoms with Crippen LogP contribution in [0.3, 0.4) is 0 Å². The number of hydrogen-bond acceptors (Lipinski definition) is 10. The highest BCUT2D eigenvalue weighted by Crippen LogP contribution is 2.36. The number of fused-ring (bicyclic) bond motifs is 2. The first-order valence-electron chi connectivity index (χ1n) is 16.5. The van der Waals surface area contributed by atoms with E-state index in [9.17, 15) is 23.4 Å². The number of aliphatic hydroxyl groups is 1. The monoisotopic (exact) mass is 677 g/mol. The van der Waals surface area contributed by atoms with E-state index in [-0.39, 0.29) is 56.1 Å². The fourth-order valence-corrected chi connectivity index (χ4v) is 7.85. The van der Waals surface area contributed by atoms with Crippen LogP contribution < -0.4 is 4.18 Å². The predicted molar refractivity (Wildman–Crippen MR) is 180 cm³/mol. The van der Waals surface area contributed by atoms with Crippen molar-refractivity contribution in [2.24, 2.45) is 5.92 Å². The molecule has 0 spiro atoms. The molecule has 0 amide bonds. The Morgan fingerprint density at radius 2 is 1.88 bits per heavy atom. The van der Waals surface area contributed by atoms with Crippen molar-refractivity contribution in [1.29, 1.82) is 0 Å². The first kappa shape index (κ1) is 33.8. The van der Waals surface area contributed by atoms with Gasteiger partial charge < -0.3 is 24.0 Å². The van der Waals surface area contributed by atoms with E-state index >= 15 is 0 Å². The Hall–Kier alpha value is -4.04. The van der Waals surface area contributed by atoms with Crippen LogP contribution in [0.15, 0.2) is 48.5 Å². The molecule has 1 atom stereocenters. The highest BCUT2D eigenvalue weighted by Gasteiger charge is 2.33. The van der Waals surface area contributed by atoms with E-state index in [4.69, 9.17) is 8.92 Å². The van der Waals surface area contributed by atoms with Gasteiger partial charge >= 0.3 is 16.3 Å². The standard InChI is InChI=1S/C35H43N5O7S/c1-4-46-34(43)19-31(30-8-9-32-35(24(30)3)36-37-40(32)16-15-38-13-11-25(22-41)12-14-38)26-6-5-23(2)27(17-26)20-39-21-28-18-29(42)7-10-33(28)47-48(39,44)45/h5-10,17-18,25,31,41-42H,4,11-16,19-22H2,1-3H3. The molecule has 0 bridgehead atoms. The zero-order valence-corrected chi connectivity index (χ0v) is 28.4. The minimum absolute atomic E-state index is 0.0305. The van der Waals surface area contributed by atoms with Gasteiger partial charge in [-0.1, -0.05) is 29.5 Å². The van der Waals surface area contributed by atoms with E-state index in [1.54, 1.807) is 6.92 Å². The van der Waals surface area contributed by atoms with Gasteiger partial charge in [0, 0.05) is 37.7 Å². The number of phenols is 1. The van der Waals surface area contributed by atoms with Gasteiger partial charge in [0.2, 0.25) is 0 Å². The number of ether oxygens (including phenoxy) is 1. The molecule has 6 rings (SSSR count). The van der Waals surface area contributed by atoms with Crippen molar-refractivity contribution < 1.29 is 32.3 Å². The van der Waals surface area contributed by atoms with Crippen LogP contribution >= 0.6 is 0 Å². The number of piperidine rings is 1. The van der Waals surface area contributed by atoms with Crippen molar-refractivity contribution in [3.8, 4) is 11.5 Å². The summed E-state index contributed by atoms with van der Waals surface area (Å²) in [6.45, 7) is 9.77. The topological polar surface area (TPSA) is 147 Å². The van der Waals surface area contributed by atoms with Crippen LogP contribution in [-0.4, -0.2) is 81.6 Å². The lowest BCUT2D eigenvalue weighted by Crippen LogP contribution is -2.37. The lowest BCUT2D eigenvalue weighted by molar-refractivity contribution is -0.143. The molecular weight excluding hydrogens is 634 g/mol. The maximum absolute atomic E-state index is 13.1. The molecule has 12 nitrogen and oxygen atoms in total. The van der Waals surface area contributed by atoms with Crippen LogP contribution in [0.25, 0.3) is 11.0 Å². The normalized spacial score (nSPS) is 17.6. The number of aliphatic hydroxyl groups excluding tert-OH is 1. The minimum atomic E-state index is -4.07. The molecule has 0 saturated carbocycles. The first-order chi connectivity index (χ1) is 23.1. The second-order valence-corrected chi connectivity index (χ2v) is 14.3. The number of carbonyl (C=O) groups is 1. The van der Waals surface area contributed by atoms with Gasteiger partial charge in [0.25, 0.3) is 0 Å². The van der Waals surface area contributed by atoms with Crippen LogP contribution in [0.2, 0.25) is 0 Å². The molecule has 2 aliphatic heterocycles. The van der Waals surface area contributed by atoms with Gasteiger partial charge in [0.05, 0.1) is 25.1 Å². The SMILES string of the molecule is CCOC(=O)CC(c1ccc(C)c(CN2Cc3cc(O)ccc3OS2(=O)=O)c1)c1ccc2c(nnn2CCN2CCC(CO)CC2)c1C. The average molecular weight is 678 g/mol. The van der Waals surface area contributed by atoms with E-state index in [2.05, 4.69) is 15.2 Å². The highest BCUT2D eigenvalue weighted by atomic mass is 32.2. The largest absolute Gasteiger partial charge is 0.508 e. The van der Waals surface area contributed by atoms with Crippen LogP contribution in [0.4, 0.5) is 0 Å². The van der Waals surface area contributed by atoms with E-state index in [1.165, 1.54) is 22.5 Å². The average Bonchev–Trinajstić information content (AvgIpc) is 3.49.